The van der Waals surface area contributed by atoms with Gasteiger partial charge in [-0.2, -0.15) is 0 Å². The van der Waals surface area contributed by atoms with Crippen molar-refractivity contribution < 1.29 is 14.0 Å². The topological polar surface area (TPSA) is 61.4 Å². The zero-order valence-electron chi connectivity index (χ0n) is 16.6. The molecule has 6 heteroatoms. The fourth-order valence-corrected chi connectivity index (χ4v) is 3.92. The fraction of sp³-hybridized carbons (Fsp3) is 0.250. The number of fused-ring (bicyclic) bond motifs is 1. The number of rotatable bonds is 6. The van der Waals surface area contributed by atoms with Gasteiger partial charge in [0.05, 0.1) is 12.5 Å². The third kappa shape index (κ3) is 4.66. The second-order valence-corrected chi connectivity index (χ2v) is 7.53. The van der Waals surface area contributed by atoms with Crippen LogP contribution in [-0.4, -0.2) is 35.8 Å². The molecular weight excluding hydrogens is 381 g/mol. The summed E-state index contributed by atoms with van der Waals surface area (Å²) in [6, 6.07) is 19.9. The second kappa shape index (κ2) is 9.05. The highest BCUT2D eigenvalue weighted by Crippen LogP contribution is 2.22. The van der Waals surface area contributed by atoms with E-state index >= 15 is 0 Å². The van der Waals surface area contributed by atoms with Crippen molar-refractivity contribution in [2.75, 3.05) is 13.1 Å². The monoisotopic (exact) mass is 405 g/mol. The van der Waals surface area contributed by atoms with Crippen molar-refractivity contribution in [1.29, 1.82) is 0 Å². The predicted molar refractivity (Wildman–Crippen MR) is 114 cm³/mol. The number of benzene rings is 3. The molecule has 1 atom stereocenters. The molecule has 0 aromatic heterocycles. The number of halogens is 1. The normalized spacial score (nSPS) is 17.0. The van der Waals surface area contributed by atoms with Gasteiger partial charge in [0, 0.05) is 26.2 Å². The first-order valence-electron chi connectivity index (χ1n) is 10.1. The van der Waals surface area contributed by atoms with Gasteiger partial charge in [-0.15, -0.1) is 0 Å². The van der Waals surface area contributed by atoms with Gasteiger partial charge in [0.25, 0.3) is 0 Å². The number of hydrogen-bond donors (Lipinski definition) is 2. The lowest BCUT2D eigenvalue weighted by atomic mass is 10.0. The van der Waals surface area contributed by atoms with Crippen molar-refractivity contribution in [1.82, 2.24) is 15.5 Å². The number of hydrogen-bond acceptors (Lipinski definition) is 3. The zero-order chi connectivity index (χ0) is 20.9. The second-order valence-electron chi connectivity index (χ2n) is 7.53. The van der Waals surface area contributed by atoms with Crippen LogP contribution in [0.1, 0.15) is 17.5 Å². The molecule has 0 aliphatic carbocycles. The molecule has 1 aliphatic rings. The van der Waals surface area contributed by atoms with Crippen LogP contribution in [-0.2, 0) is 22.7 Å². The minimum Gasteiger partial charge on any atom is -0.353 e. The maximum absolute atomic E-state index is 13.3. The van der Waals surface area contributed by atoms with Crippen LogP contribution >= 0.6 is 0 Å². The Morgan fingerprint density at radius 2 is 1.90 bits per heavy atom. The standard InChI is InChI=1S/C24H24FN3O2/c25-20-9-3-5-17(13-20)15-27-23(29)14-22-24(30)26-11-12-28(22)16-19-8-4-7-18-6-1-2-10-21(18)19/h1-10,13,22H,11-12,14-16H2,(H,26,30)(H,27,29)/t22-/m0/s1. The van der Waals surface area contributed by atoms with Crippen molar-refractivity contribution in [2.45, 2.75) is 25.6 Å². The van der Waals surface area contributed by atoms with E-state index in [1.54, 1.807) is 12.1 Å². The molecule has 30 heavy (non-hydrogen) atoms. The third-order valence-electron chi connectivity index (χ3n) is 5.45. The van der Waals surface area contributed by atoms with Gasteiger partial charge in [0.1, 0.15) is 5.82 Å². The molecule has 3 aromatic rings. The molecule has 0 saturated carbocycles. The smallest absolute Gasteiger partial charge is 0.237 e. The van der Waals surface area contributed by atoms with Crippen LogP contribution in [0, 0.1) is 5.82 Å². The van der Waals surface area contributed by atoms with E-state index in [9.17, 15) is 14.0 Å². The van der Waals surface area contributed by atoms with Crippen LogP contribution in [0.15, 0.2) is 66.7 Å². The summed E-state index contributed by atoms with van der Waals surface area (Å²) >= 11 is 0. The van der Waals surface area contributed by atoms with E-state index in [4.69, 9.17) is 0 Å². The molecule has 4 rings (SSSR count). The molecule has 2 N–H and O–H groups in total. The molecule has 0 unspecified atom stereocenters. The fourth-order valence-electron chi connectivity index (χ4n) is 3.92. The van der Waals surface area contributed by atoms with Crippen molar-refractivity contribution in [2.24, 2.45) is 0 Å². The Bertz CT molecular complexity index is 1060. The predicted octanol–water partition coefficient (Wildman–Crippen LogP) is 2.99. The maximum atomic E-state index is 13.3. The van der Waals surface area contributed by atoms with E-state index in [-0.39, 0.29) is 30.6 Å². The average molecular weight is 405 g/mol. The van der Waals surface area contributed by atoms with Crippen LogP contribution in [0.2, 0.25) is 0 Å². The van der Waals surface area contributed by atoms with Gasteiger partial charge in [0.15, 0.2) is 0 Å². The molecular formula is C24H24FN3O2. The molecule has 1 aliphatic heterocycles. The largest absolute Gasteiger partial charge is 0.353 e. The van der Waals surface area contributed by atoms with Gasteiger partial charge in [-0.1, -0.05) is 54.6 Å². The molecule has 0 spiro atoms. The first-order valence-corrected chi connectivity index (χ1v) is 10.1. The molecule has 5 nitrogen and oxygen atoms in total. The van der Waals surface area contributed by atoms with Gasteiger partial charge < -0.3 is 10.6 Å². The van der Waals surface area contributed by atoms with E-state index in [1.807, 2.05) is 18.2 Å². The van der Waals surface area contributed by atoms with E-state index in [1.165, 1.54) is 12.1 Å². The summed E-state index contributed by atoms with van der Waals surface area (Å²) in [6.07, 6.45) is 0.0614. The van der Waals surface area contributed by atoms with Crippen LogP contribution in [0.25, 0.3) is 10.8 Å². The van der Waals surface area contributed by atoms with E-state index < -0.39 is 6.04 Å². The molecule has 1 heterocycles. The summed E-state index contributed by atoms with van der Waals surface area (Å²) < 4.78 is 13.3. The molecule has 0 bridgehead atoms. The van der Waals surface area contributed by atoms with Gasteiger partial charge >= 0.3 is 0 Å². The van der Waals surface area contributed by atoms with Crippen LogP contribution < -0.4 is 10.6 Å². The third-order valence-corrected chi connectivity index (χ3v) is 5.45. The minimum absolute atomic E-state index is 0.0614. The highest BCUT2D eigenvalue weighted by atomic mass is 19.1. The molecule has 1 fully saturated rings. The van der Waals surface area contributed by atoms with Gasteiger partial charge in [0.2, 0.25) is 11.8 Å². The SMILES string of the molecule is O=C(C[C@H]1C(=O)NCCN1Cc1cccc2ccccc12)NCc1cccc(F)c1. The molecule has 2 amide bonds. The number of nitrogens with zero attached hydrogens (tertiary/aromatic N) is 1. The molecule has 0 radical (unpaired) electrons. The quantitative estimate of drug-likeness (QED) is 0.663. The van der Waals surface area contributed by atoms with E-state index in [2.05, 4.69) is 39.8 Å². The summed E-state index contributed by atoms with van der Waals surface area (Å²) in [6.45, 7) is 2.06. The molecule has 154 valence electrons. The minimum atomic E-state index is -0.537. The highest BCUT2D eigenvalue weighted by Gasteiger charge is 2.31. The van der Waals surface area contributed by atoms with Crippen LogP contribution in [0.3, 0.4) is 0 Å². The van der Waals surface area contributed by atoms with Gasteiger partial charge in [-0.25, -0.2) is 4.39 Å². The summed E-state index contributed by atoms with van der Waals surface area (Å²) in [7, 11) is 0. The Balaban J connectivity index is 1.45. The highest BCUT2D eigenvalue weighted by molar-refractivity contribution is 5.89. The van der Waals surface area contributed by atoms with Crippen LogP contribution in [0.4, 0.5) is 4.39 Å². The van der Waals surface area contributed by atoms with Crippen molar-refractivity contribution in [3.63, 3.8) is 0 Å². The number of carbonyl (C=O) groups excluding carboxylic acids is 2. The Morgan fingerprint density at radius 1 is 1.10 bits per heavy atom. The Kier molecular flexibility index (Phi) is 6.05. The number of nitrogens with one attached hydrogen (secondary N) is 2. The van der Waals surface area contributed by atoms with E-state index in [0.29, 0.717) is 25.2 Å². The average Bonchev–Trinajstić information content (AvgIpc) is 2.75. The van der Waals surface area contributed by atoms with Gasteiger partial charge in [-0.3, -0.25) is 14.5 Å². The van der Waals surface area contributed by atoms with Crippen LogP contribution in [0.5, 0.6) is 0 Å². The van der Waals surface area contributed by atoms with Crippen molar-refractivity contribution in [3.8, 4) is 0 Å². The summed E-state index contributed by atoms with van der Waals surface area (Å²) in [5.74, 6) is -0.707. The Hall–Kier alpha value is -3.25. The molecule has 3 aromatic carbocycles. The lowest BCUT2D eigenvalue weighted by Crippen LogP contribution is -2.56. The number of amides is 2. The first kappa shape index (κ1) is 20.0. The van der Waals surface area contributed by atoms with Gasteiger partial charge in [-0.05, 0) is 34.0 Å². The molecule has 1 saturated heterocycles. The summed E-state index contributed by atoms with van der Waals surface area (Å²) in [4.78, 5) is 27.1. The Labute approximate surface area is 174 Å². The summed E-state index contributed by atoms with van der Waals surface area (Å²) in [5.41, 5.74) is 1.82. The summed E-state index contributed by atoms with van der Waals surface area (Å²) in [5, 5.41) is 7.96. The first-order chi connectivity index (χ1) is 14.6. The van der Waals surface area contributed by atoms with Crippen molar-refractivity contribution in [3.05, 3.63) is 83.7 Å². The maximum Gasteiger partial charge on any atom is 0.237 e. The van der Waals surface area contributed by atoms with Crippen molar-refractivity contribution >= 4 is 22.6 Å². The number of carbonyl (C=O) groups is 2. The van der Waals surface area contributed by atoms with E-state index in [0.717, 1.165) is 16.3 Å². The lowest BCUT2D eigenvalue weighted by Gasteiger charge is -2.35. The zero-order valence-corrected chi connectivity index (χ0v) is 16.6. The Morgan fingerprint density at radius 3 is 2.77 bits per heavy atom. The number of piperazine rings is 1. The lowest BCUT2D eigenvalue weighted by molar-refractivity contribution is -0.134.